The van der Waals surface area contributed by atoms with Gasteiger partial charge in [0.2, 0.25) is 0 Å². The maximum atomic E-state index is 13.2. The van der Waals surface area contributed by atoms with E-state index in [1.54, 1.807) is 10.9 Å². The molecule has 0 radical (unpaired) electrons. The number of aliphatic hydroxyl groups excluding tert-OH is 1. The summed E-state index contributed by atoms with van der Waals surface area (Å²) in [6, 6.07) is 7.94. The van der Waals surface area contributed by atoms with Gasteiger partial charge in [0, 0.05) is 11.9 Å². The summed E-state index contributed by atoms with van der Waals surface area (Å²) in [5.41, 5.74) is 4.87. The molecular formula is C22H25N3O2. The molecule has 5 heteroatoms. The van der Waals surface area contributed by atoms with E-state index in [4.69, 9.17) is 0 Å². The Kier molecular flexibility index (Phi) is 4.79. The summed E-state index contributed by atoms with van der Waals surface area (Å²) in [6.07, 6.45) is 7.36. The Bertz CT molecular complexity index is 1020. The van der Waals surface area contributed by atoms with Crippen molar-refractivity contribution in [2.75, 3.05) is 0 Å². The van der Waals surface area contributed by atoms with Gasteiger partial charge in [0.1, 0.15) is 0 Å². The number of rotatable bonds is 3. The van der Waals surface area contributed by atoms with E-state index < -0.39 is 6.10 Å². The zero-order chi connectivity index (χ0) is 19.0. The van der Waals surface area contributed by atoms with Gasteiger partial charge in [-0.25, -0.2) is 4.98 Å². The highest BCUT2D eigenvalue weighted by molar-refractivity contribution is 5.81. The lowest BCUT2D eigenvalue weighted by molar-refractivity contribution is 0.0735. The minimum atomic E-state index is -0.474. The summed E-state index contributed by atoms with van der Waals surface area (Å²) in [4.78, 5) is 22.1. The van der Waals surface area contributed by atoms with Crippen LogP contribution in [0.3, 0.4) is 0 Å². The molecule has 140 valence electrons. The van der Waals surface area contributed by atoms with Crippen LogP contribution in [0.4, 0.5) is 0 Å². The Morgan fingerprint density at radius 3 is 2.67 bits per heavy atom. The molecule has 0 bridgehead atoms. The predicted molar refractivity (Wildman–Crippen MR) is 106 cm³/mol. The van der Waals surface area contributed by atoms with Gasteiger partial charge in [0.15, 0.2) is 0 Å². The first-order valence-electron chi connectivity index (χ1n) is 9.63. The van der Waals surface area contributed by atoms with Crippen molar-refractivity contribution < 1.29 is 5.11 Å². The van der Waals surface area contributed by atoms with Crippen molar-refractivity contribution in [2.24, 2.45) is 0 Å². The Hall–Kier alpha value is -2.53. The highest BCUT2D eigenvalue weighted by atomic mass is 16.3. The number of benzene rings is 1. The summed E-state index contributed by atoms with van der Waals surface area (Å²) in [5, 5.41) is 11.0. The fourth-order valence-electron chi connectivity index (χ4n) is 4.09. The molecule has 0 amide bonds. The van der Waals surface area contributed by atoms with Gasteiger partial charge in [-0.2, -0.15) is 0 Å². The molecule has 2 atom stereocenters. The van der Waals surface area contributed by atoms with E-state index in [9.17, 15) is 9.90 Å². The molecule has 1 aliphatic carbocycles. The van der Waals surface area contributed by atoms with Crippen LogP contribution >= 0.6 is 0 Å². The molecule has 0 saturated heterocycles. The monoisotopic (exact) mass is 363 g/mol. The molecule has 2 heterocycles. The lowest BCUT2D eigenvalue weighted by atomic mass is 9.92. The van der Waals surface area contributed by atoms with Crippen molar-refractivity contribution in [3.63, 3.8) is 0 Å². The summed E-state index contributed by atoms with van der Waals surface area (Å²) in [5.74, 6) is 0. The van der Waals surface area contributed by atoms with Gasteiger partial charge in [-0.3, -0.25) is 14.3 Å². The van der Waals surface area contributed by atoms with E-state index in [0.29, 0.717) is 5.39 Å². The smallest absolute Gasteiger partial charge is 0.261 e. The molecule has 2 unspecified atom stereocenters. The Labute approximate surface area is 158 Å². The second kappa shape index (κ2) is 7.24. The van der Waals surface area contributed by atoms with Crippen molar-refractivity contribution in [3.05, 3.63) is 69.5 Å². The van der Waals surface area contributed by atoms with Crippen LogP contribution in [-0.4, -0.2) is 25.7 Å². The summed E-state index contributed by atoms with van der Waals surface area (Å²) >= 11 is 0. The highest BCUT2D eigenvalue weighted by Gasteiger charge is 2.26. The summed E-state index contributed by atoms with van der Waals surface area (Å²) < 4.78 is 1.64. The van der Waals surface area contributed by atoms with Crippen LogP contribution in [-0.2, 0) is 6.42 Å². The van der Waals surface area contributed by atoms with Crippen molar-refractivity contribution in [2.45, 2.75) is 58.1 Å². The highest BCUT2D eigenvalue weighted by Crippen LogP contribution is 2.28. The van der Waals surface area contributed by atoms with E-state index in [0.717, 1.165) is 60.0 Å². The SMILES string of the molecule is Cc1ccc(Cc2cc(C)c3ncn(C4CCCCC4O)c(=O)c3c2)cn1. The molecule has 3 aromatic rings. The minimum Gasteiger partial charge on any atom is -0.391 e. The Balaban J connectivity index is 1.76. The number of pyridine rings is 1. The third kappa shape index (κ3) is 3.52. The second-order valence-corrected chi connectivity index (χ2v) is 7.67. The first-order chi connectivity index (χ1) is 13.0. The lowest BCUT2D eigenvalue weighted by Gasteiger charge is -2.29. The number of hydrogen-bond donors (Lipinski definition) is 1. The van der Waals surface area contributed by atoms with E-state index in [1.807, 2.05) is 32.2 Å². The van der Waals surface area contributed by atoms with Crippen LogP contribution in [0, 0.1) is 13.8 Å². The van der Waals surface area contributed by atoms with Gasteiger partial charge < -0.3 is 5.11 Å². The average Bonchev–Trinajstić information content (AvgIpc) is 2.65. The third-order valence-corrected chi connectivity index (χ3v) is 5.57. The number of hydrogen-bond acceptors (Lipinski definition) is 4. The molecule has 2 aromatic heterocycles. The first-order valence-corrected chi connectivity index (χ1v) is 9.63. The molecule has 1 aliphatic rings. The fourth-order valence-corrected chi connectivity index (χ4v) is 4.09. The zero-order valence-corrected chi connectivity index (χ0v) is 15.9. The normalized spacial score (nSPS) is 20.1. The molecule has 1 N–H and O–H groups in total. The lowest BCUT2D eigenvalue weighted by Crippen LogP contribution is -2.34. The van der Waals surface area contributed by atoms with E-state index in [1.165, 1.54) is 0 Å². The standard InChI is InChI=1S/C22H25N3O2/c1-14-9-17(10-16-8-7-15(2)23-12-16)11-18-21(14)24-13-25(22(18)27)19-5-3-4-6-20(19)26/h7-9,11-13,19-20,26H,3-6,10H2,1-2H3. The minimum absolute atomic E-state index is 0.0575. The van der Waals surface area contributed by atoms with Gasteiger partial charge in [-0.05, 0) is 61.9 Å². The second-order valence-electron chi connectivity index (χ2n) is 7.67. The summed E-state index contributed by atoms with van der Waals surface area (Å²) in [6.45, 7) is 3.96. The molecule has 1 aromatic carbocycles. The number of nitrogens with zero attached hydrogens (tertiary/aromatic N) is 3. The van der Waals surface area contributed by atoms with Gasteiger partial charge in [-0.1, -0.05) is 25.0 Å². The van der Waals surface area contributed by atoms with Crippen LogP contribution in [0.25, 0.3) is 10.9 Å². The quantitative estimate of drug-likeness (QED) is 0.774. The molecule has 27 heavy (non-hydrogen) atoms. The number of fused-ring (bicyclic) bond motifs is 1. The van der Waals surface area contributed by atoms with Crippen molar-refractivity contribution in [1.82, 2.24) is 14.5 Å². The molecular weight excluding hydrogens is 338 g/mol. The van der Waals surface area contributed by atoms with Crippen molar-refractivity contribution >= 4 is 10.9 Å². The van der Waals surface area contributed by atoms with E-state index in [2.05, 4.69) is 22.1 Å². The van der Waals surface area contributed by atoms with Gasteiger partial charge >= 0.3 is 0 Å². The van der Waals surface area contributed by atoms with Crippen LogP contribution in [0.5, 0.6) is 0 Å². The molecule has 0 aliphatic heterocycles. The predicted octanol–water partition coefficient (Wildman–Crippen LogP) is 3.48. The first kappa shape index (κ1) is 17.9. The van der Waals surface area contributed by atoms with Gasteiger partial charge in [0.05, 0.1) is 29.4 Å². The Morgan fingerprint density at radius 2 is 1.93 bits per heavy atom. The van der Waals surface area contributed by atoms with Gasteiger partial charge in [0.25, 0.3) is 5.56 Å². The topological polar surface area (TPSA) is 68.0 Å². The molecule has 4 rings (SSSR count). The van der Waals surface area contributed by atoms with E-state index in [-0.39, 0.29) is 11.6 Å². The molecule has 5 nitrogen and oxygen atoms in total. The zero-order valence-electron chi connectivity index (χ0n) is 15.9. The number of aliphatic hydroxyl groups is 1. The van der Waals surface area contributed by atoms with E-state index >= 15 is 0 Å². The maximum absolute atomic E-state index is 13.2. The van der Waals surface area contributed by atoms with Crippen LogP contribution in [0.1, 0.15) is 54.1 Å². The van der Waals surface area contributed by atoms with Crippen LogP contribution < -0.4 is 5.56 Å². The Morgan fingerprint density at radius 1 is 1.11 bits per heavy atom. The van der Waals surface area contributed by atoms with Crippen LogP contribution in [0.2, 0.25) is 0 Å². The summed E-state index contributed by atoms with van der Waals surface area (Å²) in [7, 11) is 0. The van der Waals surface area contributed by atoms with Crippen molar-refractivity contribution in [3.8, 4) is 0 Å². The number of aromatic nitrogens is 3. The largest absolute Gasteiger partial charge is 0.391 e. The van der Waals surface area contributed by atoms with Crippen LogP contribution in [0.15, 0.2) is 41.6 Å². The molecule has 0 spiro atoms. The molecule has 1 saturated carbocycles. The third-order valence-electron chi connectivity index (χ3n) is 5.57. The van der Waals surface area contributed by atoms with Crippen molar-refractivity contribution in [1.29, 1.82) is 0 Å². The fraction of sp³-hybridized carbons (Fsp3) is 0.409. The maximum Gasteiger partial charge on any atom is 0.261 e. The van der Waals surface area contributed by atoms with Gasteiger partial charge in [-0.15, -0.1) is 0 Å². The molecule has 1 fully saturated rings. The average molecular weight is 363 g/mol. The number of aryl methyl sites for hydroxylation is 2.